The highest BCUT2D eigenvalue weighted by molar-refractivity contribution is 9.10. The second kappa shape index (κ2) is 4.39. The maximum atomic E-state index is 5.91. The molecule has 2 aromatic rings. The third kappa shape index (κ3) is 2.03. The first kappa shape index (κ1) is 11.4. The molecule has 0 unspecified atom stereocenters. The number of nitrogens with zero attached hydrogens (tertiary/aromatic N) is 2. The van der Waals surface area contributed by atoms with E-state index in [0.717, 1.165) is 15.9 Å². The number of hydrogen-bond donors (Lipinski definition) is 1. The second-order valence-electron chi connectivity index (χ2n) is 3.91. The summed E-state index contributed by atoms with van der Waals surface area (Å²) < 4.78 is 3.11. The molecule has 1 aromatic heterocycles. The molecule has 0 saturated carbocycles. The molecule has 2 N–H and O–H groups in total. The van der Waals surface area contributed by atoms with Gasteiger partial charge in [-0.2, -0.15) is 0 Å². The van der Waals surface area contributed by atoms with Crippen LogP contribution in [0.25, 0.3) is 5.69 Å². The summed E-state index contributed by atoms with van der Waals surface area (Å²) in [5, 5.41) is 0. The summed E-state index contributed by atoms with van der Waals surface area (Å²) in [5.74, 6) is 0. The van der Waals surface area contributed by atoms with Crippen LogP contribution in [0.15, 0.2) is 35.2 Å². The van der Waals surface area contributed by atoms with Gasteiger partial charge in [-0.15, -0.1) is 0 Å². The summed E-state index contributed by atoms with van der Waals surface area (Å²) in [7, 11) is 0. The van der Waals surface area contributed by atoms with Crippen LogP contribution in [0, 0.1) is 6.92 Å². The van der Waals surface area contributed by atoms with Gasteiger partial charge in [0.15, 0.2) is 0 Å². The minimum atomic E-state index is -0.0226. The van der Waals surface area contributed by atoms with Gasteiger partial charge in [-0.3, -0.25) is 0 Å². The van der Waals surface area contributed by atoms with E-state index in [1.165, 1.54) is 5.56 Å². The number of halogens is 1. The minimum absolute atomic E-state index is 0.0226. The highest BCUT2D eigenvalue weighted by Gasteiger charge is 2.09. The summed E-state index contributed by atoms with van der Waals surface area (Å²) in [6.07, 6.45) is 3.61. The van der Waals surface area contributed by atoms with Crippen molar-refractivity contribution in [1.29, 1.82) is 0 Å². The molecular formula is C12H14BrN3. The van der Waals surface area contributed by atoms with E-state index in [0.29, 0.717) is 0 Å². The third-order valence-electron chi connectivity index (χ3n) is 2.55. The zero-order chi connectivity index (χ0) is 11.7. The van der Waals surface area contributed by atoms with E-state index in [1.807, 2.05) is 23.8 Å². The normalized spacial score (nSPS) is 12.8. The highest BCUT2D eigenvalue weighted by atomic mass is 79.9. The van der Waals surface area contributed by atoms with Crippen molar-refractivity contribution in [2.45, 2.75) is 19.9 Å². The standard InChI is InChI=1S/C12H14BrN3/c1-8-5-10(13)3-4-11(8)16-7-15-6-12(16)9(2)14/h3-7,9H,14H2,1-2H3/t9-/m0/s1. The van der Waals surface area contributed by atoms with Crippen LogP contribution in [0.4, 0.5) is 0 Å². The maximum absolute atomic E-state index is 5.91. The third-order valence-corrected chi connectivity index (χ3v) is 3.05. The van der Waals surface area contributed by atoms with E-state index in [4.69, 9.17) is 5.73 Å². The van der Waals surface area contributed by atoms with Crippen molar-refractivity contribution in [2.75, 3.05) is 0 Å². The number of imidazole rings is 1. The number of aryl methyl sites for hydroxylation is 1. The van der Waals surface area contributed by atoms with Crippen LogP contribution in [-0.2, 0) is 0 Å². The number of rotatable bonds is 2. The minimum Gasteiger partial charge on any atom is -0.323 e. The Bertz CT molecular complexity index is 503. The van der Waals surface area contributed by atoms with Gasteiger partial charge in [-0.25, -0.2) is 4.98 Å². The largest absolute Gasteiger partial charge is 0.323 e. The molecule has 0 saturated heterocycles. The van der Waals surface area contributed by atoms with E-state index in [9.17, 15) is 0 Å². The van der Waals surface area contributed by atoms with Crippen LogP contribution in [-0.4, -0.2) is 9.55 Å². The fourth-order valence-corrected chi connectivity index (χ4v) is 2.21. The number of aromatic nitrogens is 2. The van der Waals surface area contributed by atoms with Crippen molar-refractivity contribution < 1.29 is 0 Å². The molecule has 2 rings (SSSR count). The molecule has 84 valence electrons. The first-order chi connectivity index (χ1) is 7.59. The van der Waals surface area contributed by atoms with Crippen molar-refractivity contribution in [3.05, 3.63) is 46.5 Å². The molecule has 1 atom stereocenters. The summed E-state index contributed by atoms with van der Waals surface area (Å²) in [6, 6.07) is 6.14. The van der Waals surface area contributed by atoms with E-state index >= 15 is 0 Å². The quantitative estimate of drug-likeness (QED) is 0.919. The molecule has 3 nitrogen and oxygen atoms in total. The van der Waals surface area contributed by atoms with Gasteiger partial charge in [-0.1, -0.05) is 15.9 Å². The molecule has 4 heteroatoms. The first-order valence-corrected chi connectivity index (χ1v) is 5.93. The van der Waals surface area contributed by atoms with Crippen LogP contribution in [0.1, 0.15) is 24.2 Å². The van der Waals surface area contributed by atoms with E-state index in [1.54, 1.807) is 6.33 Å². The van der Waals surface area contributed by atoms with Crippen LogP contribution in [0.2, 0.25) is 0 Å². The van der Waals surface area contributed by atoms with Crippen molar-refractivity contribution in [2.24, 2.45) is 5.73 Å². The van der Waals surface area contributed by atoms with Crippen molar-refractivity contribution in [3.63, 3.8) is 0 Å². The van der Waals surface area contributed by atoms with Gasteiger partial charge in [-0.05, 0) is 37.6 Å². The Morgan fingerprint density at radius 3 is 2.81 bits per heavy atom. The predicted molar refractivity (Wildman–Crippen MR) is 68.6 cm³/mol. The Balaban J connectivity index is 2.54. The molecule has 0 bridgehead atoms. The van der Waals surface area contributed by atoms with E-state index < -0.39 is 0 Å². The zero-order valence-corrected chi connectivity index (χ0v) is 10.9. The van der Waals surface area contributed by atoms with Crippen LogP contribution in [0.5, 0.6) is 0 Å². The summed E-state index contributed by atoms with van der Waals surface area (Å²) in [4.78, 5) is 4.15. The molecule has 0 aliphatic carbocycles. The lowest BCUT2D eigenvalue weighted by atomic mass is 10.2. The van der Waals surface area contributed by atoms with Crippen LogP contribution >= 0.6 is 15.9 Å². The van der Waals surface area contributed by atoms with Crippen molar-refractivity contribution in [1.82, 2.24) is 9.55 Å². The lowest BCUT2D eigenvalue weighted by molar-refractivity contribution is 0.751. The Morgan fingerprint density at radius 1 is 1.44 bits per heavy atom. The molecule has 1 aromatic carbocycles. The van der Waals surface area contributed by atoms with Crippen LogP contribution < -0.4 is 5.73 Å². The van der Waals surface area contributed by atoms with Crippen LogP contribution in [0.3, 0.4) is 0 Å². The summed E-state index contributed by atoms with van der Waals surface area (Å²) >= 11 is 3.46. The van der Waals surface area contributed by atoms with Crippen molar-refractivity contribution in [3.8, 4) is 5.69 Å². The fraction of sp³-hybridized carbons (Fsp3) is 0.250. The Morgan fingerprint density at radius 2 is 2.19 bits per heavy atom. The molecule has 0 amide bonds. The summed E-state index contributed by atoms with van der Waals surface area (Å²) in [5.41, 5.74) is 9.23. The van der Waals surface area contributed by atoms with Gasteiger partial charge in [0.1, 0.15) is 0 Å². The van der Waals surface area contributed by atoms with E-state index in [2.05, 4.69) is 40.0 Å². The number of nitrogens with two attached hydrogens (primary N) is 1. The first-order valence-electron chi connectivity index (χ1n) is 5.14. The molecule has 0 fully saturated rings. The van der Waals surface area contributed by atoms with Crippen molar-refractivity contribution >= 4 is 15.9 Å². The molecule has 0 radical (unpaired) electrons. The summed E-state index contributed by atoms with van der Waals surface area (Å²) in [6.45, 7) is 4.03. The molecular weight excluding hydrogens is 266 g/mol. The number of hydrogen-bond acceptors (Lipinski definition) is 2. The second-order valence-corrected chi connectivity index (χ2v) is 4.82. The van der Waals surface area contributed by atoms with E-state index in [-0.39, 0.29) is 6.04 Å². The molecule has 0 aliphatic heterocycles. The maximum Gasteiger partial charge on any atom is 0.0994 e. The monoisotopic (exact) mass is 279 g/mol. The van der Waals surface area contributed by atoms with Gasteiger partial charge in [0, 0.05) is 16.2 Å². The molecule has 0 aliphatic rings. The zero-order valence-electron chi connectivity index (χ0n) is 9.31. The Kier molecular flexibility index (Phi) is 3.12. The Hall–Kier alpha value is -1.13. The predicted octanol–water partition coefficient (Wildman–Crippen LogP) is 2.96. The Labute approximate surface area is 103 Å². The van der Waals surface area contributed by atoms with Gasteiger partial charge in [0.05, 0.1) is 18.2 Å². The number of benzene rings is 1. The molecule has 0 spiro atoms. The average molecular weight is 280 g/mol. The average Bonchev–Trinajstić information content (AvgIpc) is 2.66. The lowest BCUT2D eigenvalue weighted by Gasteiger charge is -2.13. The smallest absolute Gasteiger partial charge is 0.0994 e. The topological polar surface area (TPSA) is 43.8 Å². The SMILES string of the molecule is Cc1cc(Br)ccc1-n1cncc1[C@H](C)N. The van der Waals surface area contributed by atoms with Gasteiger partial charge in [0.25, 0.3) is 0 Å². The molecule has 1 heterocycles. The molecule has 16 heavy (non-hydrogen) atoms. The fourth-order valence-electron chi connectivity index (χ4n) is 1.73. The van der Waals surface area contributed by atoms with Gasteiger partial charge >= 0.3 is 0 Å². The highest BCUT2D eigenvalue weighted by Crippen LogP contribution is 2.22. The lowest BCUT2D eigenvalue weighted by Crippen LogP contribution is -2.11. The van der Waals surface area contributed by atoms with Gasteiger partial charge in [0.2, 0.25) is 0 Å². The van der Waals surface area contributed by atoms with Gasteiger partial charge < -0.3 is 10.3 Å².